The van der Waals surface area contributed by atoms with Crippen LogP contribution in [0.2, 0.25) is 5.02 Å². The van der Waals surface area contributed by atoms with Gasteiger partial charge in [0.25, 0.3) is 0 Å². The maximum atomic E-state index is 13.4. The number of para-hydroxylation sites is 1. The zero-order valence-corrected chi connectivity index (χ0v) is 11.6. The topological polar surface area (TPSA) is 50.9 Å². The molecule has 6 heteroatoms. The Kier molecular flexibility index (Phi) is 3.68. The minimum Gasteiger partial charge on any atom is -0.382 e. The van der Waals surface area contributed by atoms with Crippen molar-refractivity contribution in [1.82, 2.24) is 15.0 Å². The van der Waals surface area contributed by atoms with E-state index in [-0.39, 0.29) is 5.02 Å². The van der Waals surface area contributed by atoms with Crippen molar-refractivity contribution in [2.45, 2.75) is 6.10 Å². The first-order valence-electron chi connectivity index (χ1n) is 6.25. The third kappa shape index (κ3) is 2.79. The Morgan fingerprint density at radius 1 is 1.14 bits per heavy atom. The second kappa shape index (κ2) is 5.63. The highest BCUT2D eigenvalue weighted by atomic mass is 35.5. The number of aliphatic hydroxyl groups excluding tert-OH is 1. The summed E-state index contributed by atoms with van der Waals surface area (Å²) in [5.41, 5.74) is 1.54. The van der Waals surface area contributed by atoms with Crippen molar-refractivity contribution in [3.05, 3.63) is 76.8 Å². The Morgan fingerprint density at radius 2 is 1.90 bits per heavy atom. The van der Waals surface area contributed by atoms with E-state index in [0.717, 1.165) is 5.69 Å². The lowest BCUT2D eigenvalue weighted by Gasteiger charge is -2.13. The molecule has 0 bridgehead atoms. The van der Waals surface area contributed by atoms with Crippen LogP contribution in [-0.2, 0) is 0 Å². The highest BCUT2D eigenvalue weighted by molar-refractivity contribution is 6.30. The molecule has 3 rings (SSSR count). The zero-order valence-electron chi connectivity index (χ0n) is 10.8. The molecule has 106 valence electrons. The van der Waals surface area contributed by atoms with Crippen LogP contribution >= 0.6 is 11.6 Å². The molecule has 0 spiro atoms. The Hall–Kier alpha value is -2.24. The summed E-state index contributed by atoms with van der Waals surface area (Å²) >= 11 is 5.82. The van der Waals surface area contributed by atoms with E-state index in [1.807, 2.05) is 30.3 Å². The molecular formula is C15H11ClFN3O. The molecule has 0 radical (unpaired) electrons. The predicted molar refractivity (Wildman–Crippen MR) is 76.8 cm³/mol. The molecule has 0 aliphatic carbocycles. The van der Waals surface area contributed by atoms with Gasteiger partial charge in [-0.2, -0.15) is 0 Å². The second-order valence-corrected chi connectivity index (χ2v) is 4.95. The van der Waals surface area contributed by atoms with Crippen molar-refractivity contribution < 1.29 is 9.50 Å². The Morgan fingerprint density at radius 3 is 2.62 bits per heavy atom. The van der Waals surface area contributed by atoms with Gasteiger partial charge in [0.05, 0.1) is 17.6 Å². The van der Waals surface area contributed by atoms with E-state index in [0.29, 0.717) is 11.3 Å². The summed E-state index contributed by atoms with van der Waals surface area (Å²) in [4.78, 5) is 0. The van der Waals surface area contributed by atoms with Crippen molar-refractivity contribution in [2.75, 3.05) is 0 Å². The van der Waals surface area contributed by atoms with E-state index in [9.17, 15) is 9.50 Å². The number of nitrogens with zero attached hydrogens (tertiary/aromatic N) is 3. The molecule has 0 aliphatic rings. The minimum absolute atomic E-state index is 0.225. The minimum atomic E-state index is -1.08. The maximum Gasteiger partial charge on any atom is 0.125 e. The molecule has 3 aromatic rings. The number of hydrogen-bond donors (Lipinski definition) is 1. The van der Waals surface area contributed by atoms with E-state index >= 15 is 0 Å². The monoisotopic (exact) mass is 303 g/mol. The summed E-state index contributed by atoms with van der Waals surface area (Å²) in [5, 5.41) is 18.4. The zero-order chi connectivity index (χ0) is 14.8. The standard InChI is InChI=1S/C15H11ClFN3O/c16-11-6-10(7-12(17)8-11)15(21)14-9-18-19-20(14)13-4-2-1-3-5-13/h1-9,15,21H. The summed E-state index contributed by atoms with van der Waals surface area (Å²) in [7, 11) is 0. The number of benzene rings is 2. The van der Waals surface area contributed by atoms with Crippen molar-refractivity contribution in [1.29, 1.82) is 0 Å². The summed E-state index contributed by atoms with van der Waals surface area (Å²) in [6.07, 6.45) is 0.365. The maximum absolute atomic E-state index is 13.4. The Labute approximate surface area is 125 Å². The smallest absolute Gasteiger partial charge is 0.125 e. The van der Waals surface area contributed by atoms with E-state index < -0.39 is 11.9 Å². The summed E-state index contributed by atoms with van der Waals surface area (Å²) in [6, 6.07) is 13.2. The van der Waals surface area contributed by atoms with E-state index in [4.69, 9.17) is 11.6 Å². The fraction of sp³-hybridized carbons (Fsp3) is 0.0667. The average molecular weight is 304 g/mol. The Balaban J connectivity index is 2.03. The van der Waals surface area contributed by atoms with Gasteiger partial charge in [-0.05, 0) is 35.9 Å². The summed E-state index contributed by atoms with van der Waals surface area (Å²) in [6.45, 7) is 0. The quantitative estimate of drug-likeness (QED) is 0.808. The summed E-state index contributed by atoms with van der Waals surface area (Å²) in [5.74, 6) is -0.504. The van der Waals surface area contributed by atoms with Gasteiger partial charge < -0.3 is 5.11 Å². The predicted octanol–water partition coefficient (Wildman–Crippen LogP) is 3.14. The third-order valence-electron chi connectivity index (χ3n) is 3.06. The van der Waals surface area contributed by atoms with Crippen LogP contribution in [0.1, 0.15) is 17.4 Å². The molecule has 0 fully saturated rings. The molecule has 1 atom stereocenters. The molecule has 1 N–H and O–H groups in total. The van der Waals surface area contributed by atoms with E-state index in [2.05, 4.69) is 10.3 Å². The van der Waals surface area contributed by atoms with Crippen LogP contribution < -0.4 is 0 Å². The molecular weight excluding hydrogens is 293 g/mol. The van der Waals surface area contributed by atoms with Crippen LogP contribution in [0.25, 0.3) is 5.69 Å². The second-order valence-electron chi connectivity index (χ2n) is 4.51. The normalized spacial score (nSPS) is 12.3. The summed E-state index contributed by atoms with van der Waals surface area (Å²) < 4.78 is 14.9. The fourth-order valence-corrected chi connectivity index (χ4v) is 2.33. The van der Waals surface area contributed by atoms with Crippen LogP contribution in [0.15, 0.2) is 54.7 Å². The molecule has 1 aromatic heterocycles. The van der Waals surface area contributed by atoms with Crippen molar-refractivity contribution >= 4 is 11.6 Å². The van der Waals surface area contributed by atoms with Gasteiger partial charge in [0.1, 0.15) is 11.9 Å². The van der Waals surface area contributed by atoms with Crippen LogP contribution in [0.4, 0.5) is 4.39 Å². The lowest BCUT2D eigenvalue weighted by molar-refractivity contribution is 0.211. The fourth-order valence-electron chi connectivity index (χ4n) is 2.10. The number of aromatic nitrogens is 3. The molecule has 2 aromatic carbocycles. The van der Waals surface area contributed by atoms with Crippen molar-refractivity contribution in [3.8, 4) is 5.69 Å². The highest BCUT2D eigenvalue weighted by Gasteiger charge is 2.18. The van der Waals surface area contributed by atoms with Crippen LogP contribution in [0.3, 0.4) is 0 Å². The Bertz CT molecular complexity index is 740. The van der Waals surface area contributed by atoms with Crippen molar-refractivity contribution in [3.63, 3.8) is 0 Å². The molecule has 4 nitrogen and oxygen atoms in total. The largest absolute Gasteiger partial charge is 0.382 e. The van der Waals surface area contributed by atoms with Crippen molar-refractivity contribution in [2.24, 2.45) is 0 Å². The molecule has 0 saturated carbocycles. The average Bonchev–Trinajstić information content (AvgIpc) is 2.95. The van der Waals surface area contributed by atoms with Gasteiger partial charge >= 0.3 is 0 Å². The van der Waals surface area contributed by atoms with Gasteiger partial charge in [-0.1, -0.05) is 35.0 Å². The lowest BCUT2D eigenvalue weighted by atomic mass is 10.1. The lowest BCUT2D eigenvalue weighted by Crippen LogP contribution is -2.08. The van der Waals surface area contributed by atoms with Gasteiger partial charge in [-0.3, -0.25) is 0 Å². The van der Waals surface area contributed by atoms with E-state index in [1.165, 1.54) is 29.1 Å². The van der Waals surface area contributed by atoms with Gasteiger partial charge in [0.2, 0.25) is 0 Å². The molecule has 21 heavy (non-hydrogen) atoms. The first-order chi connectivity index (χ1) is 10.1. The highest BCUT2D eigenvalue weighted by Crippen LogP contribution is 2.26. The molecule has 0 saturated heterocycles. The number of hydrogen-bond acceptors (Lipinski definition) is 3. The first kappa shape index (κ1) is 13.7. The van der Waals surface area contributed by atoms with E-state index in [1.54, 1.807) is 0 Å². The SMILES string of the molecule is OC(c1cc(F)cc(Cl)c1)c1cnnn1-c1ccccc1. The first-order valence-corrected chi connectivity index (χ1v) is 6.63. The molecule has 0 amide bonds. The van der Waals surface area contributed by atoms with Crippen LogP contribution in [-0.4, -0.2) is 20.1 Å². The number of halogens is 2. The van der Waals surface area contributed by atoms with Gasteiger partial charge in [0.15, 0.2) is 0 Å². The number of rotatable bonds is 3. The number of aliphatic hydroxyl groups is 1. The molecule has 1 heterocycles. The van der Waals surface area contributed by atoms with Crippen LogP contribution in [0.5, 0.6) is 0 Å². The van der Waals surface area contributed by atoms with Gasteiger partial charge in [0, 0.05) is 5.02 Å². The van der Waals surface area contributed by atoms with Gasteiger partial charge in [-0.15, -0.1) is 5.10 Å². The van der Waals surface area contributed by atoms with Gasteiger partial charge in [-0.25, -0.2) is 9.07 Å². The van der Waals surface area contributed by atoms with Crippen LogP contribution in [0, 0.1) is 5.82 Å². The third-order valence-corrected chi connectivity index (χ3v) is 3.28. The molecule has 1 unspecified atom stereocenters. The molecule has 0 aliphatic heterocycles.